The molecule has 1 fully saturated rings. The first-order valence-corrected chi connectivity index (χ1v) is 12.3. The highest BCUT2D eigenvalue weighted by Crippen LogP contribution is 2.33. The summed E-state index contributed by atoms with van der Waals surface area (Å²) in [4.78, 5) is 29.0. The number of aromatic nitrogens is 1. The zero-order valence-electron chi connectivity index (χ0n) is 16.8. The smallest absolute Gasteiger partial charge is 0.302 e. The largest absolute Gasteiger partial charge is 0.416 e. The number of amides is 1. The van der Waals surface area contributed by atoms with Crippen molar-refractivity contribution in [2.75, 3.05) is 18.4 Å². The number of hydrogen-bond donors (Lipinski definition) is 1. The van der Waals surface area contributed by atoms with E-state index in [1.165, 1.54) is 0 Å². The van der Waals surface area contributed by atoms with E-state index in [4.69, 9.17) is 0 Å². The van der Waals surface area contributed by atoms with E-state index < -0.39 is 32.6 Å². The van der Waals surface area contributed by atoms with Crippen molar-refractivity contribution in [3.05, 3.63) is 40.4 Å². The summed E-state index contributed by atoms with van der Waals surface area (Å²) in [5.41, 5.74) is -0.332. The first-order chi connectivity index (χ1) is 15.1. The fraction of sp³-hybridized carbons (Fsp3) is 0.450. The third kappa shape index (κ3) is 4.57. The molecule has 12 heteroatoms. The SMILES string of the molecule is O=C1CCCc2nc(NC(=O)C3CCN(S(=O)(=O)c4cccc(C(F)(F)F)c4)CC3)sc21. The van der Waals surface area contributed by atoms with Crippen LogP contribution in [0.25, 0.3) is 0 Å². The summed E-state index contributed by atoms with van der Waals surface area (Å²) in [5.74, 6) is -0.739. The summed E-state index contributed by atoms with van der Waals surface area (Å²) in [5, 5.41) is 3.08. The molecule has 0 bridgehead atoms. The van der Waals surface area contributed by atoms with Crippen LogP contribution in [-0.2, 0) is 27.4 Å². The Balaban J connectivity index is 1.39. The number of halogens is 3. The van der Waals surface area contributed by atoms with Gasteiger partial charge in [-0.1, -0.05) is 17.4 Å². The number of nitrogens with one attached hydrogen (secondary N) is 1. The van der Waals surface area contributed by atoms with Gasteiger partial charge < -0.3 is 5.32 Å². The number of carbonyl (C=O) groups is 2. The van der Waals surface area contributed by atoms with Crippen LogP contribution in [0.1, 0.15) is 46.6 Å². The number of aryl methyl sites for hydroxylation is 1. The Morgan fingerprint density at radius 3 is 2.56 bits per heavy atom. The minimum Gasteiger partial charge on any atom is -0.302 e. The summed E-state index contributed by atoms with van der Waals surface area (Å²) in [6, 6.07) is 3.64. The molecule has 172 valence electrons. The van der Waals surface area contributed by atoms with Crippen molar-refractivity contribution in [2.24, 2.45) is 5.92 Å². The quantitative estimate of drug-likeness (QED) is 0.709. The normalized spacial score (nSPS) is 18.4. The van der Waals surface area contributed by atoms with Crippen LogP contribution in [0.4, 0.5) is 18.3 Å². The number of carbonyl (C=O) groups excluding carboxylic acids is 2. The van der Waals surface area contributed by atoms with Gasteiger partial charge in [0.15, 0.2) is 10.9 Å². The lowest BCUT2D eigenvalue weighted by Crippen LogP contribution is -2.41. The Kier molecular flexibility index (Phi) is 6.12. The van der Waals surface area contributed by atoms with Gasteiger partial charge in [0, 0.05) is 25.4 Å². The number of fused-ring (bicyclic) bond motifs is 1. The second-order valence-electron chi connectivity index (χ2n) is 7.76. The van der Waals surface area contributed by atoms with Gasteiger partial charge in [0.05, 0.1) is 21.0 Å². The topological polar surface area (TPSA) is 96.4 Å². The van der Waals surface area contributed by atoms with Crippen molar-refractivity contribution in [3.63, 3.8) is 0 Å². The number of benzene rings is 1. The zero-order valence-corrected chi connectivity index (χ0v) is 18.4. The van der Waals surface area contributed by atoms with Crippen molar-refractivity contribution in [1.29, 1.82) is 0 Å². The predicted octanol–water partition coefficient (Wildman–Crippen LogP) is 3.72. The van der Waals surface area contributed by atoms with E-state index in [9.17, 15) is 31.2 Å². The van der Waals surface area contributed by atoms with Crippen LogP contribution in [0.3, 0.4) is 0 Å². The number of thiazole rings is 1. The molecule has 1 saturated heterocycles. The van der Waals surface area contributed by atoms with Crippen LogP contribution in [0.5, 0.6) is 0 Å². The van der Waals surface area contributed by atoms with Gasteiger partial charge in [-0.25, -0.2) is 13.4 Å². The third-order valence-corrected chi connectivity index (χ3v) is 8.57. The number of nitrogens with zero attached hydrogens (tertiary/aromatic N) is 2. The summed E-state index contributed by atoms with van der Waals surface area (Å²) in [6.07, 6.45) is -2.28. The lowest BCUT2D eigenvalue weighted by atomic mass is 9.97. The van der Waals surface area contributed by atoms with Crippen molar-refractivity contribution in [2.45, 2.75) is 43.2 Å². The van der Waals surface area contributed by atoms with Crippen LogP contribution in [0.15, 0.2) is 29.2 Å². The van der Waals surface area contributed by atoms with Crippen molar-refractivity contribution in [1.82, 2.24) is 9.29 Å². The molecule has 1 amide bonds. The lowest BCUT2D eigenvalue weighted by Gasteiger charge is -2.30. The lowest BCUT2D eigenvalue weighted by molar-refractivity contribution is -0.137. The van der Waals surface area contributed by atoms with E-state index in [0.29, 0.717) is 34.6 Å². The molecule has 1 aliphatic carbocycles. The van der Waals surface area contributed by atoms with E-state index in [0.717, 1.165) is 40.3 Å². The van der Waals surface area contributed by atoms with Gasteiger partial charge in [0.25, 0.3) is 0 Å². The molecule has 4 rings (SSSR count). The molecule has 0 saturated carbocycles. The number of hydrogen-bond acceptors (Lipinski definition) is 6. The summed E-state index contributed by atoms with van der Waals surface area (Å²) >= 11 is 1.15. The summed E-state index contributed by atoms with van der Waals surface area (Å²) in [6.45, 7) is 0.0348. The fourth-order valence-corrected chi connectivity index (χ4v) is 6.37. The molecule has 32 heavy (non-hydrogen) atoms. The molecule has 0 atom stereocenters. The van der Waals surface area contributed by atoms with Gasteiger partial charge in [-0.05, 0) is 43.9 Å². The van der Waals surface area contributed by atoms with Gasteiger partial charge >= 0.3 is 6.18 Å². The van der Waals surface area contributed by atoms with E-state index >= 15 is 0 Å². The maximum Gasteiger partial charge on any atom is 0.416 e. The number of anilines is 1. The van der Waals surface area contributed by atoms with Crippen LogP contribution >= 0.6 is 11.3 Å². The van der Waals surface area contributed by atoms with Crippen molar-refractivity contribution in [3.8, 4) is 0 Å². The first kappa shape index (κ1) is 22.9. The molecule has 1 aromatic heterocycles. The van der Waals surface area contributed by atoms with Crippen LogP contribution < -0.4 is 5.32 Å². The van der Waals surface area contributed by atoms with Crippen LogP contribution in [0, 0.1) is 5.92 Å². The van der Waals surface area contributed by atoms with Gasteiger partial charge in [0.1, 0.15) is 0 Å². The van der Waals surface area contributed by atoms with Crippen LogP contribution in [-0.4, -0.2) is 42.5 Å². The number of sulfonamides is 1. The predicted molar refractivity (Wildman–Crippen MR) is 111 cm³/mol. The fourth-order valence-electron chi connectivity index (χ4n) is 3.87. The minimum atomic E-state index is -4.64. The second-order valence-corrected chi connectivity index (χ2v) is 10.7. The monoisotopic (exact) mass is 487 g/mol. The maximum absolute atomic E-state index is 12.9. The Morgan fingerprint density at radius 2 is 1.91 bits per heavy atom. The van der Waals surface area contributed by atoms with Crippen molar-refractivity contribution >= 4 is 38.2 Å². The van der Waals surface area contributed by atoms with E-state index in [2.05, 4.69) is 10.3 Å². The van der Waals surface area contributed by atoms with E-state index in [1.807, 2.05) is 0 Å². The highest BCUT2D eigenvalue weighted by atomic mass is 32.2. The number of ketones is 1. The van der Waals surface area contributed by atoms with E-state index in [1.54, 1.807) is 0 Å². The Bertz CT molecular complexity index is 1150. The Morgan fingerprint density at radius 1 is 1.19 bits per heavy atom. The second kappa shape index (κ2) is 8.56. The van der Waals surface area contributed by atoms with Gasteiger partial charge in [-0.15, -0.1) is 0 Å². The maximum atomic E-state index is 12.9. The molecule has 1 N–H and O–H groups in total. The standard InChI is InChI=1S/C20H20F3N3O4S2/c21-20(22,23)13-3-1-4-14(11-13)32(29,30)26-9-7-12(8-10-26)18(28)25-19-24-15-5-2-6-16(27)17(15)31-19/h1,3-4,11-12H,2,5-10H2,(H,24,25,28). The zero-order chi connectivity index (χ0) is 23.1. The molecular weight excluding hydrogens is 467 g/mol. The summed E-state index contributed by atoms with van der Waals surface area (Å²) < 4.78 is 65.5. The van der Waals surface area contributed by atoms with Crippen molar-refractivity contribution < 1.29 is 31.2 Å². The molecule has 7 nitrogen and oxygen atoms in total. The number of rotatable bonds is 4. The number of Topliss-reactive ketones (excluding diaryl/α,β-unsaturated/α-hetero) is 1. The molecule has 0 unspecified atom stereocenters. The molecule has 1 aliphatic heterocycles. The highest BCUT2D eigenvalue weighted by Gasteiger charge is 2.35. The Labute approximate surface area is 186 Å². The van der Waals surface area contributed by atoms with E-state index in [-0.39, 0.29) is 37.6 Å². The average molecular weight is 488 g/mol. The molecule has 2 aromatic rings. The third-order valence-electron chi connectivity index (χ3n) is 5.62. The molecule has 2 heterocycles. The average Bonchev–Trinajstić information content (AvgIpc) is 3.17. The Hall–Kier alpha value is -2.31. The molecule has 1 aromatic carbocycles. The van der Waals surface area contributed by atoms with Gasteiger partial charge in [0.2, 0.25) is 15.9 Å². The molecule has 2 aliphatic rings. The molecule has 0 radical (unpaired) electrons. The first-order valence-electron chi connectivity index (χ1n) is 10.1. The molecule has 0 spiro atoms. The highest BCUT2D eigenvalue weighted by molar-refractivity contribution is 7.89. The van der Waals surface area contributed by atoms with Gasteiger partial charge in [-0.3, -0.25) is 9.59 Å². The summed E-state index contributed by atoms with van der Waals surface area (Å²) in [7, 11) is -4.11. The number of alkyl halides is 3. The van der Waals surface area contributed by atoms with Crippen LogP contribution in [0.2, 0.25) is 0 Å². The number of piperidine rings is 1. The minimum absolute atomic E-state index is 0.0174. The van der Waals surface area contributed by atoms with Gasteiger partial charge in [-0.2, -0.15) is 17.5 Å². The molecular formula is C20H20F3N3O4S2.